The number of allylic oxidation sites excluding steroid dienone is 2. The summed E-state index contributed by atoms with van der Waals surface area (Å²) < 4.78 is 10.6. The van der Waals surface area contributed by atoms with Gasteiger partial charge >= 0.3 is 0 Å². The van der Waals surface area contributed by atoms with Crippen LogP contribution in [0.4, 0.5) is 5.69 Å². The third kappa shape index (κ3) is 3.87. The lowest BCUT2D eigenvalue weighted by atomic mass is 9.81. The Morgan fingerprint density at radius 1 is 1.03 bits per heavy atom. The summed E-state index contributed by atoms with van der Waals surface area (Å²) in [5.74, 6) is 0.146. The molecule has 0 aliphatic heterocycles. The van der Waals surface area contributed by atoms with Crippen LogP contribution in [-0.4, -0.2) is 31.0 Å². The quantitative estimate of drug-likeness (QED) is 0.689. The van der Waals surface area contributed by atoms with E-state index in [4.69, 9.17) is 9.47 Å². The first-order valence-electron chi connectivity index (χ1n) is 9.99. The number of hydrogen-bond donors (Lipinski definition) is 2. The van der Waals surface area contributed by atoms with Crippen LogP contribution in [0.2, 0.25) is 0 Å². The van der Waals surface area contributed by atoms with Crippen molar-refractivity contribution in [1.29, 1.82) is 0 Å². The predicted octanol–water partition coefficient (Wildman–Crippen LogP) is 2.79. The van der Waals surface area contributed by atoms with Crippen LogP contribution < -0.4 is 20.1 Å². The standard InChI is InChI=1S/C23H25N3O4/c1-29-17-8-9-19(30-2)18(12-17)26-23(28)21-15-7-6-14(11-15)20(21)22(27)25-13-16-5-3-4-10-24-16/h3-10,12,14-15,20-21H,11,13H2,1-2H3,(H,25,27)(H,26,28)/t14-,15-,20+,21-/m1/s1. The average Bonchev–Trinajstić information content (AvgIpc) is 3.40. The van der Waals surface area contributed by atoms with Gasteiger partial charge in [0.15, 0.2) is 0 Å². The number of amides is 2. The summed E-state index contributed by atoms with van der Waals surface area (Å²) >= 11 is 0. The number of carbonyl (C=O) groups excluding carboxylic acids is 2. The molecule has 2 amide bonds. The number of benzene rings is 1. The van der Waals surface area contributed by atoms with Crippen molar-refractivity contribution in [3.05, 3.63) is 60.4 Å². The molecule has 2 aliphatic carbocycles. The van der Waals surface area contributed by atoms with Crippen LogP contribution in [0.15, 0.2) is 54.7 Å². The highest BCUT2D eigenvalue weighted by Gasteiger charge is 2.51. The number of nitrogens with one attached hydrogen (secondary N) is 2. The van der Waals surface area contributed by atoms with Crippen LogP contribution >= 0.6 is 0 Å². The van der Waals surface area contributed by atoms with E-state index in [2.05, 4.69) is 27.8 Å². The van der Waals surface area contributed by atoms with E-state index >= 15 is 0 Å². The molecule has 1 fully saturated rings. The maximum Gasteiger partial charge on any atom is 0.229 e. The third-order valence-electron chi connectivity index (χ3n) is 5.90. The molecule has 30 heavy (non-hydrogen) atoms. The first kappa shape index (κ1) is 19.9. The van der Waals surface area contributed by atoms with Gasteiger partial charge in [0.2, 0.25) is 11.8 Å². The lowest BCUT2D eigenvalue weighted by Crippen LogP contribution is -2.41. The molecule has 0 saturated heterocycles. The van der Waals surface area contributed by atoms with Crippen molar-refractivity contribution in [3.8, 4) is 11.5 Å². The Bertz CT molecular complexity index is 960. The summed E-state index contributed by atoms with van der Waals surface area (Å²) in [5, 5.41) is 5.91. The molecule has 1 saturated carbocycles. The van der Waals surface area contributed by atoms with Crippen molar-refractivity contribution in [3.63, 3.8) is 0 Å². The number of fused-ring (bicyclic) bond motifs is 2. The minimum absolute atomic E-state index is 0.0530. The highest BCUT2D eigenvalue weighted by atomic mass is 16.5. The van der Waals surface area contributed by atoms with E-state index in [0.717, 1.165) is 12.1 Å². The molecule has 0 spiro atoms. The highest BCUT2D eigenvalue weighted by Crippen LogP contribution is 2.48. The molecule has 2 aliphatic rings. The number of anilines is 1. The second-order valence-corrected chi connectivity index (χ2v) is 7.59. The molecule has 2 aromatic rings. The summed E-state index contributed by atoms with van der Waals surface area (Å²) in [6.45, 7) is 0.343. The Kier molecular flexibility index (Phi) is 5.70. The van der Waals surface area contributed by atoms with Gasteiger partial charge in [-0.05, 0) is 42.5 Å². The van der Waals surface area contributed by atoms with Gasteiger partial charge in [0, 0.05) is 12.3 Å². The molecule has 7 nitrogen and oxygen atoms in total. The zero-order valence-electron chi connectivity index (χ0n) is 17.0. The normalized spacial score (nSPS) is 23.8. The zero-order valence-corrected chi connectivity index (χ0v) is 17.0. The van der Waals surface area contributed by atoms with Crippen LogP contribution in [0, 0.1) is 23.7 Å². The van der Waals surface area contributed by atoms with E-state index in [1.807, 2.05) is 18.2 Å². The largest absolute Gasteiger partial charge is 0.497 e. The second kappa shape index (κ2) is 8.57. The molecular weight excluding hydrogens is 382 g/mol. The topological polar surface area (TPSA) is 89.5 Å². The van der Waals surface area contributed by atoms with Crippen LogP contribution in [0.3, 0.4) is 0 Å². The van der Waals surface area contributed by atoms with E-state index in [1.165, 1.54) is 0 Å². The smallest absolute Gasteiger partial charge is 0.229 e. The van der Waals surface area contributed by atoms with Crippen LogP contribution in [0.25, 0.3) is 0 Å². The average molecular weight is 407 g/mol. The Balaban J connectivity index is 1.50. The molecule has 4 rings (SSSR count). The van der Waals surface area contributed by atoms with Crippen molar-refractivity contribution in [1.82, 2.24) is 10.3 Å². The monoisotopic (exact) mass is 407 g/mol. The first-order chi connectivity index (χ1) is 14.6. The zero-order chi connectivity index (χ0) is 21.1. The number of hydrogen-bond acceptors (Lipinski definition) is 5. The minimum atomic E-state index is -0.431. The fraction of sp³-hybridized carbons (Fsp3) is 0.348. The van der Waals surface area contributed by atoms with Gasteiger partial charge in [0.25, 0.3) is 0 Å². The summed E-state index contributed by atoms with van der Waals surface area (Å²) in [5.41, 5.74) is 1.31. The molecule has 4 atom stereocenters. The van der Waals surface area contributed by atoms with E-state index in [-0.39, 0.29) is 23.7 Å². The maximum atomic E-state index is 13.2. The van der Waals surface area contributed by atoms with Gasteiger partial charge in [0.05, 0.1) is 44.0 Å². The van der Waals surface area contributed by atoms with Gasteiger partial charge in [-0.1, -0.05) is 18.2 Å². The van der Waals surface area contributed by atoms with E-state index in [9.17, 15) is 9.59 Å². The van der Waals surface area contributed by atoms with Crippen molar-refractivity contribution in [2.45, 2.75) is 13.0 Å². The van der Waals surface area contributed by atoms with Crippen LogP contribution in [-0.2, 0) is 16.1 Å². The Hall–Kier alpha value is -3.35. The fourth-order valence-corrected chi connectivity index (χ4v) is 4.46. The summed E-state index contributed by atoms with van der Waals surface area (Å²) in [7, 11) is 3.11. The van der Waals surface area contributed by atoms with Gasteiger partial charge in [-0.25, -0.2) is 0 Å². The predicted molar refractivity (Wildman–Crippen MR) is 112 cm³/mol. The minimum Gasteiger partial charge on any atom is -0.497 e. The maximum absolute atomic E-state index is 13.2. The molecule has 1 aromatic heterocycles. The molecule has 2 bridgehead atoms. The van der Waals surface area contributed by atoms with Crippen molar-refractivity contribution in [2.75, 3.05) is 19.5 Å². The number of carbonyl (C=O) groups is 2. The molecule has 0 radical (unpaired) electrons. The van der Waals surface area contributed by atoms with Gasteiger partial charge in [0.1, 0.15) is 11.5 Å². The number of rotatable bonds is 7. The lowest BCUT2D eigenvalue weighted by Gasteiger charge is -2.26. The van der Waals surface area contributed by atoms with E-state index in [0.29, 0.717) is 23.7 Å². The lowest BCUT2D eigenvalue weighted by molar-refractivity contribution is -0.133. The van der Waals surface area contributed by atoms with Gasteiger partial charge in [-0.2, -0.15) is 0 Å². The summed E-state index contributed by atoms with van der Waals surface area (Å²) in [6, 6.07) is 10.8. The van der Waals surface area contributed by atoms with E-state index in [1.54, 1.807) is 38.6 Å². The van der Waals surface area contributed by atoms with Crippen LogP contribution in [0.5, 0.6) is 11.5 Å². The Morgan fingerprint density at radius 3 is 2.47 bits per heavy atom. The number of ether oxygens (including phenoxy) is 2. The van der Waals surface area contributed by atoms with Crippen molar-refractivity contribution in [2.24, 2.45) is 23.7 Å². The summed E-state index contributed by atoms with van der Waals surface area (Å²) in [4.78, 5) is 30.5. The Morgan fingerprint density at radius 2 is 1.80 bits per heavy atom. The highest BCUT2D eigenvalue weighted by molar-refractivity contribution is 5.98. The molecule has 0 unspecified atom stereocenters. The fourth-order valence-electron chi connectivity index (χ4n) is 4.46. The first-order valence-corrected chi connectivity index (χ1v) is 9.99. The Labute approximate surface area is 175 Å². The number of nitrogens with zero attached hydrogens (tertiary/aromatic N) is 1. The summed E-state index contributed by atoms with van der Waals surface area (Å²) in [6.07, 6.45) is 6.63. The number of aromatic nitrogens is 1. The molecule has 156 valence electrons. The molecule has 1 heterocycles. The molecule has 2 N–H and O–H groups in total. The van der Waals surface area contributed by atoms with Crippen LogP contribution in [0.1, 0.15) is 12.1 Å². The van der Waals surface area contributed by atoms with Gasteiger partial charge < -0.3 is 20.1 Å². The van der Waals surface area contributed by atoms with Gasteiger partial charge in [-0.15, -0.1) is 0 Å². The van der Waals surface area contributed by atoms with Crippen molar-refractivity contribution < 1.29 is 19.1 Å². The number of pyridine rings is 1. The van der Waals surface area contributed by atoms with E-state index < -0.39 is 11.8 Å². The number of methoxy groups -OCH3 is 2. The second-order valence-electron chi connectivity index (χ2n) is 7.59. The SMILES string of the molecule is COc1ccc(OC)c(NC(=O)[C@H]2[C@@H](C(=O)NCc3ccccn3)[C@@H]3C=C[C@@H]2C3)c1. The third-order valence-corrected chi connectivity index (χ3v) is 5.90. The molecular formula is C23H25N3O4. The molecule has 7 heteroatoms. The molecule has 1 aromatic carbocycles. The van der Waals surface area contributed by atoms with Crippen molar-refractivity contribution >= 4 is 17.5 Å². The van der Waals surface area contributed by atoms with Gasteiger partial charge in [-0.3, -0.25) is 14.6 Å².